The van der Waals surface area contributed by atoms with Crippen LogP contribution in [0.2, 0.25) is 5.02 Å². The quantitative estimate of drug-likeness (QED) is 0.799. The van der Waals surface area contributed by atoms with Gasteiger partial charge in [0.1, 0.15) is 5.82 Å². The summed E-state index contributed by atoms with van der Waals surface area (Å²) < 4.78 is 13.5. The van der Waals surface area contributed by atoms with E-state index in [1.807, 2.05) is 6.92 Å². The molecule has 0 bridgehead atoms. The number of rotatable bonds is 4. The molecular formula is C11H12BrClFN. The van der Waals surface area contributed by atoms with Crippen LogP contribution in [0.4, 0.5) is 10.1 Å². The van der Waals surface area contributed by atoms with Crippen LogP contribution in [0.5, 0.6) is 0 Å². The second-order valence-electron chi connectivity index (χ2n) is 3.20. The molecule has 4 heteroatoms. The molecule has 0 aliphatic rings. The van der Waals surface area contributed by atoms with Crippen LogP contribution in [0.1, 0.15) is 13.3 Å². The van der Waals surface area contributed by atoms with Gasteiger partial charge in [-0.1, -0.05) is 30.7 Å². The minimum Gasteiger partial charge on any atom is -0.379 e. The summed E-state index contributed by atoms with van der Waals surface area (Å²) >= 11 is 9.15. The standard InChI is InChI=1S/C11H12BrClFN/c1-3-7(2)6-15-11-9(12)4-8(14)5-10(11)13/h4-5,15H,2-3,6H2,1H3. The van der Waals surface area contributed by atoms with Gasteiger partial charge in [-0.2, -0.15) is 0 Å². The molecule has 0 radical (unpaired) electrons. The highest BCUT2D eigenvalue weighted by molar-refractivity contribution is 9.10. The number of nitrogens with one attached hydrogen (secondary N) is 1. The van der Waals surface area contributed by atoms with Gasteiger partial charge >= 0.3 is 0 Å². The minimum atomic E-state index is -0.355. The van der Waals surface area contributed by atoms with Gasteiger partial charge < -0.3 is 5.32 Å². The number of anilines is 1. The predicted octanol–water partition coefficient (Wildman–Crippen LogP) is 4.62. The van der Waals surface area contributed by atoms with Crippen molar-refractivity contribution >= 4 is 33.2 Å². The van der Waals surface area contributed by atoms with Gasteiger partial charge in [-0.15, -0.1) is 0 Å². The topological polar surface area (TPSA) is 12.0 Å². The molecule has 0 unspecified atom stereocenters. The van der Waals surface area contributed by atoms with Gasteiger partial charge in [0.05, 0.1) is 10.7 Å². The zero-order valence-corrected chi connectivity index (χ0v) is 10.8. The highest BCUT2D eigenvalue weighted by Crippen LogP contribution is 2.31. The Hall–Kier alpha value is -0.540. The van der Waals surface area contributed by atoms with Crippen molar-refractivity contribution in [2.75, 3.05) is 11.9 Å². The number of hydrogen-bond donors (Lipinski definition) is 1. The average Bonchev–Trinajstić information content (AvgIpc) is 2.15. The van der Waals surface area contributed by atoms with E-state index in [0.717, 1.165) is 12.0 Å². The third kappa shape index (κ3) is 3.50. The first-order chi connectivity index (χ1) is 7.04. The molecule has 0 fully saturated rings. The van der Waals surface area contributed by atoms with Crippen LogP contribution in [0, 0.1) is 5.82 Å². The first-order valence-electron chi connectivity index (χ1n) is 4.59. The molecule has 0 spiro atoms. The van der Waals surface area contributed by atoms with Crippen molar-refractivity contribution in [2.45, 2.75) is 13.3 Å². The van der Waals surface area contributed by atoms with E-state index in [1.165, 1.54) is 12.1 Å². The fraction of sp³-hybridized carbons (Fsp3) is 0.273. The molecule has 0 amide bonds. The van der Waals surface area contributed by atoms with Crippen molar-refractivity contribution in [3.05, 3.63) is 39.6 Å². The van der Waals surface area contributed by atoms with E-state index in [2.05, 4.69) is 27.8 Å². The molecule has 0 atom stereocenters. The Morgan fingerprint density at radius 3 is 2.80 bits per heavy atom. The zero-order chi connectivity index (χ0) is 11.4. The largest absolute Gasteiger partial charge is 0.379 e. The van der Waals surface area contributed by atoms with Gasteiger partial charge in [-0.05, 0) is 34.5 Å². The van der Waals surface area contributed by atoms with Crippen molar-refractivity contribution < 1.29 is 4.39 Å². The van der Waals surface area contributed by atoms with E-state index in [4.69, 9.17) is 11.6 Å². The van der Waals surface area contributed by atoms with Gasteiger partial charge in [-0.3, -0.25) is 0 Å². The third-order valence-corrected chi connectivity index (χ3v) is 2.95. The second kappa shape index (κ2) is 5.52. The third-order valence-electron chi connectivity index (χ3n) is 2.02. The summed E-state index contributed by atoms with van der Waals surface area (Å²) in [6.45, 7) is 6.54. The Balaban J connectivity index is 2.81. The lowest BCUT2D eigenvalue weighted by Gasteiger charge is -2.11. The summed E-state index contributed by atoms with van der Waals surface area (Å²) in [5.41, 5.74) is 1.77. The SMILES string of the molecule is C=C(CC)CNc1c(Cl)cc(F)cc1Br. The van der Waals surface area contributed by atoms with Gasteiger partial charge in [0, 0.05) is 11.0 Å². The molecule has 0 saturated carbocycles. The van der Waals surface area contributed by atoms with Crippen LogP contribution in [-0.2, 0) is 0 Å². The minimum absolute atomic E-state index is 0.355. The lowest BCUT2D eigenvalue weighted by molar-refractivity contribution is 0.627. The van der Waals surface area contributed by atoms with Crippen LogP contribution >= 0.6 is 27.5 Å². The Labute approximate surface area is 102 Å². The van der Waals surface area contributed by atoms with Crippen LogP contribution < -0.4 is 5.32 Å². The molecule has 0 saturated heterocycles. The first-order valence-corrected chi connectivity index (χ1v) is 5.76. The monoisotopic (exact) mass is 291 g/mol. The summed E-state index contributed by atoms with van der Waals surface area (Å²) in [5, 5.41) is 3.48. The zero-order valence-electron chi connectivity index (χ0n) is 8.41. The number of halogens is 3. The van der Waals surface area contributed by atoms with Gasteiger partial charge in [-0.25, -0.2) is 4.39 Å². The number of benzene rings is 1. The van der Waals surface area contributed by atoms with Gasteiger partial charge in [0.15, 0.2) is 0 Å². The lowest BCUT2D eigenvalue weighted by atomic mass is 10.2. The van der Waals surface area contributed by atoms with E-state index < -0.39 is 0 Å². The Bertz CT molecular complexity index is 356. The summed E-state index contributed by atoms with van der Waals surface area (Å²) in [5.74, 6) is -0.355. The summed E-state index contributed by atoms with van der Waals surface area (Å²) in [4.78, 5) is 0. The van der Waals surface area contributed by atoms with Gasteiger partial charge in [0.2, 0.25) is 0 Å². The van der Waals surface area contributed by atoms with Crippen LogP contribution in [0.3, 0.4) is 0 Å². The first kappa shape index (κ1) is 12.5. The van der Waals surface area contributed by atoms with Crippen molar-refractivity contribution in [1.82, 2.24) is 0 Å². The molecule has 0 aliphatic carbocycles. The maximum atomic E-state index is 12.9. The Kier molecular flexibility index (Phi) is 4.61. The molecule has 82 valence electrons. The summed E-state index contributed by atoms with van der Waals surface area (Å²) in [6, 6.07) is 2.66. The number of hydrogen-bond acceptors (Lipinski definition) is 1. The molecule has 0 aliphatic heterocycles. The second-order valence-corrected chi connectivity index (χ2v) is 4.46. The predicted molar refractivity (Wildman–Crippen MR) is 67.0 cm³/mol. The maximum Gasteiger partial charge on any atom is 0.125 e. The summed E-state index contributed by atoms with van der Waals surface area (Å²) in [7, 11) is 0. The van der Waals surface area contributed by atoms with E-state index in [-0.39, 0.29) is 5.82 Å². The molecule has 15 heavy (non-hydrogen) atoms. The van der Waals surface area contributed by atoms with E-state index >= 15 is 0 Å². The molecule has 1 rings (SSSR count). The molecule has 1 N–H and O–H groups in total. The van der Waals surface area contributed by atoms with Gasteiger partial charge in [0.25, 0.3) is 0 Å². The van der Waals surface area contributed by atoms with Crippen LogP contribution in [0.25, 0.3) is 0 Å². The fourth-order valence-electron chi connectivity index (χ4n) is 1.05. The van der Waals surface area contributed by atoms with Crippen LogP contribution in [0.15, 0.2) is 28.8 Å². The molecule has 1 nitrogen and oxygen atoms in total. The van der Waals surface area contributed by atoms with Crippen molar-refractivity contribution in [3.8, 4) is 0 Å². The summed E-state index contributed by atoms with van der Waals surface area (Å²) in [6.07, 6.45) is 0.906. The Morgan fingerprint density at radius 2 is 2.27 bits per heavy atom. The fourth-order valence-corrected chi connectivity index (χ4v) is 2.01. The van der Waals surface area contributed by atoms with Crippen molar-refractivity contribution in [3.63, 3.8) is 0 Å². The molecule has 1 aromatic carbocycles. The Morgan fingerprint density at radius 1 is 1.60 bits per heavy atom. The molecule has 0 aromatic heterocycles. The average molecular weight is 293 g/mol. The van der Waals surface area contributed by atoms with Crippen LogP contribution in [-0.4, -0.2) is 6.54 Å². The molecule has 1 aromatic rings. The van der Waals surface area contributed by atoms with Crippen molar-refractivity contribution in [2.24, 2.45) is 0 Å². The van der Waals surface area contributed by atoms with E-state index in [1.54, 1.807) is 0 Å². The van der Waals surface area contributed by atoms with E-state index in [0.29, 0.717) is 21.7 Å². The van der Waals surface area contributed by atoms with Crippen molar-refractivity contribution in [1.29, 1.82) is 0 Å². The highest BCUT2D eigenvalue weighted by Gasteiger charge is 2.07. The maximum absolute atomic E-state index is 12.9. The highest BCUT2D eigenvalue weighted by atomic mass is 79.9. The molecular weight excluding hydrogens is 280 g/mol. The smallest absolute Gasteiger partial charge is 0.125 e. The molecule has 0 heterocycles. The lowest BCUT2D eigenvalue weighted by Crippen LogP contribution is -2.04. The normalized spacial score (nSPS) is 10.1. The van der Waals surface area contributed by atoms with E-state index in [9.17, 15) is 4.39 Å².